The summed E-state index contributed by atoms with van der Waals surface area (Å²) in [5.41, 5.74) is 21.6. The monoisotopic (exact) mass is 785 g/mol. The molecular formula is C32H55N11O12. The van der Waals surface area contributed by atoms with Crippen molar-refractivity contribution in [1.82, 2.24) is 31.5 Å². The third kappa shape index (κ3) is 17.4. The Bertz CT molecular complexity index is 1440. The highest BCUT2D eigenvalue weighted by atomic mass is 16.4. The summed E-state index contributed by atoms with van der Waals surface area (Å²) in [5.74, 6) is -9.38. The van der Waals surface area contributed by atoms with Crippen LogP contribution in [0.5, 0.6) is 0 Å². The van der Waals surface area contributed by atoms with Crippen molar-refractivity contribution in [3.63, 3.8) is 0 Å². The van der Waals surface area contributed by atoms with Gasteiger partial charge in [-0.25, -0.2) is 4.79 Å². The molecule has 0 bridgehead atoms. The van der Waals surface area contributed by atoms with Crippen molar-refractivity contribution in [3.8, 4) is 0 Å². The van der Waals surface area contributed by atoms with E-state index in [1.165, 1.54) is 0 Å². The Balaban J connectivity index is 3.16. The van der Waals surface area contributed by atoms with Crippen LogP contribution in [-0.2, 0) is 43.2 Å². The maximum absolute atomic E-state index is 13.7. The zero-order valence-corrected chi connectivity index (χ0v) is 31.1. The van der Waals surface area contributed by atoms with Gasteiger partial charge in [-0.05, 0) is 51.4 Å². The van der Waals surface area contributed by atoms with Crippen LogP contribution in [-0.4, -0.2) is 141 Å². The number of carbonyl (C=O) groups excluding carboxylic acids is 7. The predicted molar refractivity (Wildman–Crippen MR) is 193 cm³/mol. The number of rotatable bonds is 24. The third-order valence-corrected chi connectivity index (χ3v) is 8.27. The number of aliphatic carboxylic acids is 2. The van der Waals surface area contributed by atoms with E-state index in [0.29, 0.717) is 6.42 Å². The van der Waals surface area contributed by atoms with Crippen LogP contribution in [0.3, 0.4) is 0 Å². The molecule has 1 saturated heterocycles. The van der Waals surface area contributed by atoms with Crippen LogP contribution in [0, 0.1) is 5.92 Å². The van der Waals surface area contributed by atoms with E-state index in [4.69, 9.17) is 28.0 Å². The first-order valence-electron chi connectivity index (χ1n) is 17.6. The first-order valence-corrected chi connectivity index (χ1v) is 17.6. The van der Waals surface area contributed by atoms with Crippen molar-refractivity contribution in [1.29, 1.82) is 0 Å². The SMILES string of the molecule is CC(C)C[C@H](NC(=O)[C@@H](NC(=O)[C@H](CC(N)=O)NC(=O)CNC(=O)[C@@H](N)CCC(=O)O)[C@@H](C)O)C(=O)N[C@@H](CCCN=C(N)N)C(=O)N1CCC[C@H]1C(=O)O. The highest BCUT2D eigenvalue weighted by Gasteiger charge is 2.39. The maximum Gasteiger partial charge on any atom is 0.326 e. The van der Waals surface area contributed by atoms with Crippen molar-refractivity contribution >= 4 is 59.2 Å². The van der Waals surface area contributed by atoms with Gasteiger partial charge < -0.3 is 69.7 Å². The van der Waals surface area contributed by atoms with Crippen molar-refractivity contribution in [2.24, 2.45) is 33.8 Å². The lowest BCUT2D eigenvalue weighted by atomic mass is 10.0. The molecule has 0 spiro atoms. The van der Waals surface area contributed by atoms with E-state index in [9.17, 15) is 53.4 Å². The van der Waals surface area contributed by atoms with E-state index in [1.807, 2.05) is 0 Å². The number of carboxylic acids is 2. The lowest BCUT2D eigenvalue weighted by Crippen LogP contribution is -2.61. The second-order valence-electron chi connectivity index (χ2n) is 13.5. The van der Waals surface area contributed by atoms with Crippen LogP contribution >= 0.6 is 0 Å². The molecule has 1 fully saturated rings. The van der Waals surface area contributed by atoms with Gasteiger partial charge in [0.2, 0.25) is 41.4 Å². The van der Waals surface area contributed by atoms with Crippen LogP contribution in [0.4, 0.5) is 0 Å². The summed E-state index contributed by atoms with van der Waals surface area (Å²) in [4.78, 5) is 118. The molecule has 0 aromatic carbocycles. The molecule has 0 aliphatic carbocycles. The number of carboxylic acid groups (broad SMARTS) is 2. The van der Waals surface area contributed by atoms with Crippen LogP contribution in [0.2, 0.25) is 0 Å². The molecule has 310 valence electrons. The van der Waals surface area contributed by atoms with Gasteiger partial charge in [0.1, 0.15) is 30.2 Å². The number of aliphatic hydroxyl groups excluding tert-OH is 1. The van der Waals surface area contributed by atoms with Crippen molar-refractivity contribution in [3.05, 3.63) is 0 Å². The molecule has 16 N–H and O–H groups in total. The van der Waals surface area contributed by atoms with Gasteiger partial charge in [-0.15, -0.1) is 0 Å². The van der Waals surface area contributed by atoms with Gasteiger partial charge >= 0.3 is 11.9 Å². The van der Waals surface area contributed by atoms with Crippen molar-refractivity contribution in [2.75, 3.05) is 19.6 Å². The molecule has 1 heterocycles. The van der Waals surface area contributed by atoms with Gasteiger partial charge in [-0.1, -0.05) is 13.8 Å². The van der Waals surface area contributed by atoms with Crippen LogP contribution < -0.4 is 49.5 Å². The molecular weight excluding hydrogens is 730 g/mol. The van der Waals surface area contributed by atoms with E-state index in [-0.39, 0.29) is 57.1 Å². The van der Waals surface area contributed by atoms with Gasteiger partial charge in [-0.3, -0.25) is 43.3 Å². The zero-order valence-electron chi connectivity index (χ0n) is 31.1. The Morgan fingerprint density at radius 3 is 1.98 bits per heavy atom. The molecule has 0 aromatic heterocycles. The molecule has 0 radical (unpaired) electrons. The quantitative estimate of drug-likeness (QED) is 0.0247. The molecule has 1 aliphatic rings. The first kappa shape index (κ1) is 47.4. The summed E-state index contributed by atoms with van der Waals surface area (Å²) >= 11 is 0. The minimum absolute atomic E-state index is 0.00702. The summed E-state index contributed by atoms with van der Waals surface area (Å²) < 4.78 is 0. The molecule has 0 unspecified atom stereocenters. The average Bonchev–Trinajstić information content (AvgIpc) is 3.58. The van der Waals surface area contributed by atoms with Gasteiger partial charge in [0, 0.05) is 19.5 Å². The minimum Gasteiger partial charge on any atom is -0.481 e. The Morgan fingerprint density at radius 1 is 0.818 bits per heavy atom. The molecule has 7 amide bonds. The molecule has 7 atom stereocenters. The van der Waals surface area contributed by atoms with Gasteiger partial charge in [0.25, 0.3) is 0 Å². The number of hydrogen-bond acceptors (Lipinski definition) is 12. The fraction of sp³-hybridized carbons (Fsp3) is 0.688. The molecule has 1 aliphatic heterocycles. The minimum atomic E-state index is -1.76. The lowest BCUT2D eigenvalue weighted by molar-refractivity contribution is -0.149. The highest BCUT2D eigenvalue weighted by Crippen LogP contribution is 2.20. The zero-order chi connectivity index (χ0) is 42.0. The fourth-order valence-electron chi connectivity index (χ4n) is 5.51. The second kappa shape index (κ2) is 23.3. The Labute approximate surface area is 317 Å². The van der Waals surface area contributed by atoms with Crippen LogP contribution in [0.15, 0.2) is 4.99 Å². The fourth-order valence-corrected chi connectivity index (χ4v) is 5.51. The number of amides is 7. The predicted octanol–water partition coefficient (Wildman–Crippen LogP) is -5.33. The summed E-state index contributed by atoms with van der Waals surface area (Å²) in [6.45, 7) is 4.13. The molecule has 23 heteroatoms. The van der Waals surface area contributed by atoms with E-state index < -0.39 is 115 Å². The van der Waals surface area contributed by atoms with Gasteiger partial charge in [-0.2, -0.15) is 0 Å². The summed E-state index contributed by atoms with van der Waals surface area (Å²) in [6, 6.07) is -8.37. The number of carbonyl (C=O) groups is 9. The number of aliphatic imine (C=N–C) groups is 1. The van der Waals surface area contributed by atoms with E-state index in [1.54, 1.807) is 13.8 Å². The highest BCUT2D eigenvalue weighted by molar-refractivity contribution is 5.98. The molecule has 23 nitrogen and oxygen atoms in total. The topological polar surface area (TPSA) is 394 Å². The number of primary amides is 1. The molecule has 0 saturated carbocycles. The Hall–Kier alpha value is -5.58. The van der Waals surface area contributed by atoms with Crippen molar-refractivity contribution in [2.45, 2.75) is 114 Å². The number of guanidine groups is 1. The first-order chi connectivity index (χ1) is 25.6. The molecule has 1 rings (SSSR count). The van der Waals surface area contributed by atoms with Gasteiger partial charge in [0.15, 0.2) is 5.96 Å². The summed E-state index contributed by atoms with van der Waals surface area (Å²) in [5, 5.41) is 40.5. The maximum atomic E-state index is 13.7. The van der Waals surface area contributed by atoms with Crippen LogP contribution in [0.1, 0.15) is 72.1 Å². The Morgan fingerprint density at radius 2 is 1.44 bits per heavy atom. The number of likely N-dealkylation sites (tertiary alicyclic amines) is 1. The number of nitrogens with two attached hydrogens (primary N) is 4. The normalized spacial score (nSPS) is 17.0. The van der Waals surface area contributed by atoms with E-state index in [0.717, 1.165) is 11.8 Å². The molecule has 0 aromatic rings. The standard InChI is InChI=1S/C32H55N11O12/c1-15(2)12-19(27(50)40-18(6-4-10-37-32(35)36)30(53)43-11-5-7-21(43)31(54)55)41-29(52)25(16(3)44)42-28(51)20(13-22(34)45)39-23(46)14-38-26(49)17(33)8-9-24(47)48/h15-21,25,44H,4-14,33H2,1-3H3,(H2,34,45)(H,38,49)(H,39,46)(H,40,50)(H,41,52)(H,42,51)(H,47,48)(H,54,55)(H4,35,36,37)/t16-,17+,18+,19+,20+,21+,25+/m1/s1. The Kier molecular flexibility index (Phi) is 20.1. The number of aliphatic hydroxyl groups is 1. The smallest absolute Gasteiger partial charge is 0.326 e. The largest absolute Gasteiger partial charge is 0.481 e. The van der Waals surface area contributed by atoms with Crippen LogP contribution in [0.25, 0.3) is 0 Å². The second-order valence-corrected chi connectivity index (χ2v) is 13.5. The summed E-state index contributed by atoms with van der Waals surface area (Å²) in [7, 11) is 0. The third-order valence-electron chi connectivity index (χ3n) is 8.27. The molecule has 55 heavy (non-hydrogen) atoms. The number of nitrogens with zero attached hydrogens (tertiary/aromatic N) is 2. The summed E-state index contributed by atoms with van der Waals surface area (Å²) in [6.07, 6.45) is -2.10. The average molecular weight is 786 g/mol. The lowest BCUT2D eigenvalue weighted by Gasteiger charge is -2.30. The number of hydrogen-bond donors (Lipinski definition) is 12. The van der Waals surface area contributed by atoms with E-state index >= 15 is 0 Å². The van der Waals surface area contributed by atoms with E-state index in [2.05, 4.69) is 31.6 Å². The number of nitrogens with one attached hydrogen (secondary N) is 5. The van der Waals surface area contributed by atoms with Crippen molar-refractivity contribution < 1.29 is 58.5 Å². The van der Waals surface area contributed by atoms with Gasteiger partial charge in [0.05, 0.1) is 25.1 Å².